The summed E-state index contributed by atoms with van der Waals surface area (Å²) in [6.45, 7) is 1.87. The van der Waals surface area contributed by atoms with Crippen LogP contribution >= 0.6 is 0 Å². The van der Waals surface area contributed by atoms with Crippen LogP contribution in [0.2, 0.25) is 0 Å². The summed E-state index contributed by atoms with van der Waals surface area (Å²) in [5.74, 6) is 1.80. The van der Waals surface area contributed by atoms with Crippen LogP contribution in [0.25, 0.3) is 0 Å². The largest absolute Gasteiger partial charge is 0.491 e. The van der Waals surface area contributed by atoms with Crippen LogP contribution in [0.15, 0.2) is 71.8 Å². The summed E-state index contributed by atoms with van der Waals surface area (Å²) in [6.07, 6.45) is 3.53. The molecule has 2 heterocycles. The van der Waals surface area contributed by atoms with E-state index in [1.54, 1.807) is 36.4 Å². The first-order valence-electron chi connectivity index (χ1n) is 16.4. The first kappa shape index (κ1) is 32.4. The van der Waals surface area contributed by atoms with Gasteiger partial charge in [-0.05, 0) is 60.8 Å². The molecule has 12 heteroatoms. The minimum Gasteiger partial charge on any atom is -0.491 e. The lowest BCUT2D eigenvalue weighted by Gasteiger charge is -2.24. The van der Waals surface area contributed by atoms with Gasteiger partial charge in [0.15, 0.2) is 0 Å². The van der Waals surface area contributed by atoms with Gasteiger partial charge in [0, 0.05) is 23.3 Å². The van der Waals surface area contributed by atoms with Crippen molar-refractivity contribution >= 4 is 11.9 Å². The molecule has 7 rings (SSSR count). The summed E-state index contributed by atoms with van der Waals surface area (Å²) in [7, 11) is 0. The number of epoxide rings is 2. The van der Waals surface area contributed by atoms with Crippen molar-refractivity contribution in [2.45, 2.75) is 37.3 Å². The van der Waals surface area contributed by atoms with Crippen molar-refractivity contribution in [2.75, 3.05) is 52.9 Å². The molecule has 12 nitrogen and oxygen atoms in total. The third kappa shape index (κ3) is 8.30. The maximum atomic E-state index is 13.0. The van der Waals surface area contributed by atoms with Crippen molar-refractivity contribution in [3.63, 3.8) is 0 Å². The van der Waals surface area contributed by atoms with Gasteiger partial charge in [0.1, 0.15) is 87.1 Å². The smallest absolute Gasteiger partial charge is 0.334 e. The van der Waals surface area contributed by atoms with Gasteiger partial charge in [-0.25, -0.2) is 9.59 Å². The standard InChI is InChI=1S/C36H40O12/c37-23(13-41-25-3-1-5-27(11-25)43-17-29-19-45-29)15-47-35(39)22-9-31-21-7-33(32(31)10-22)34(8-21)36(40)48-16-24(38)14-42-26-4-2-6-28(12-26)44-18-30-20-46-30/h1-6,8,10-12,21,23-24,29-33,37-38H,7,9,13-20H2. The van der Waals surface area contributed by atoms with Gasteiger partial charge in [-0.1, -0.05) is 24.3 Å². The quantitative estimate of drug-likeness (QED) is 0.178. The predicted molar refractivity (Wildman–Crippen MR) is 168 cm³/mol. The van der Waals surface area contributed by atoms with Crippen molar-refractivity contribution in [1.82, 2.24) is 0 Å². The zero-order chi connectivity index (χ0) is 33.0. The number of rotatable bonds is 18. The Kier molecular flexibility index (Phi) is 9.85. The maximum absolute atomic E-state index is 13.0. The fraction of sp³-hybridized carbons (Fsp3) is 0.500. The number of aliphatic hydroxyl groups excluding tert-OH is 2. The van der Waals surface area contributed by atoms with Crippen LogP contribution < -0.4 is 18.9 Å². The van der Waals surface area contributed by atoms with Crippen molar-refractivity contribution in [3.05, 3.63) is 71.8 Å². The van der Waals surface area contributed by atoms with Crippen LogP contribution in [0.1, 0.15) is 12.8 Å². The van der Waals surface area contributed by atoms with E-state index in [-0.39, 0.29) is 62.3 Å². The van der Waals surface area contributed by atoms with Gasteiger partial charge in [-0.2, -0.15) is 0 Å². The van der Waals surface area contributed by atoms with Gasteiger partial charge in [-0.15, -0.1) is 0 Å². The molecule has 5 aliphatic rings. The average Bonchev–Trinajstić information content (AvgIpc) is 4.00. The molecule has 2 aliphatic heterocycles. The summed E-state index contributed by atoms with van der Waals surface area (Å²) < 4.78 is 43.8. The maximum Gasteiger partial charge on any atom is 0.334 e. The lowest BCUT2D eigenvalue weighted by Crippen LogP contribution is -2.28. The Morgan fingerprint density at radius 1 is 0.729 bits per heavy atom. The average molecular weight is 665 g/mol. The van der Waals surface area contributed by atoms with E-state index in [1.807, 2.05) is 24.3 Å². The summed E-state index contributed by atoms with van der Waals surface area (Å²) in [5.41, 5.74) is 1.15. The van der Waals surface area contributed by atoms with Gasteiger partial charge >= 0.3 is 11.9 Å². The molecule has 0 spiro atoms. The highest BCUT2D eigenvalue weighted by atomic mass is 16.6. The van der Waals surface area contributed by atoms with Crippen molar-refractivity contribution in [2.24, 2.45) is 23.7 Å². The molecule has 0 aromatic heterocycles. The predicted octanol–water partition coefficient (Wildman–Crippen LogP) is 2.65. The number of esters is 2. The van der Waals surface area contributed by atoms with E-state index in [2.05, 4.69) is 0 Å². The number of carbonyl (C=O) groups excluding carboxylic acids is 2. The molecule has 3 fully saturated rings. The highest BCUT2D eigenvalue weighted by Crippen LogP contribution is 2.57. The van der Waals surface area contributed by atoms with E-state index < -0.39 is 24.1 Å². The van der Waals surface area contributed by atoms with E-state index in [0.29, 0.717) is 67.0 Å². The molecular formula is C36H40O12. The minimum atomic E-state index is -1.01. The highest BCUT2D eigenvalue weighted by Gasteiger charge is 2.52. The minimum absolute atomic E-state index is 0.0357. The van der Waals surface area contributed by atoms with Gasteiger partial charge in [0.2, 0.25) is 0 Å². The Labute approximate surface area is 278 Å². The van der Waals surface area contributed by atoms with E-state index in [1.165, 1.54) is 0 Å². The Morgan fingerprint density at radius 3 is 1.79 bits per heavy atom. The van der Waals surface area contributed by atoms with Gasteiger partial charge < -0.3 is 48.1 Å². The summed E-state index contributed by atoms with van der Waals surface area (Å²) in [5, 5.41) is 20.8. The monoisotopic (exact) mass is 664 g/mol. The number of ether oxygens (including phenoxy) is 8. The molecule has 256 valence electrons. The second-order valence-electron chi connectivity index (χ2n) is 12.9. The van der Waals surface area contributed by atoms with Gasteiger partial charge in [-0.3, -0.25) is 0 Å². The second kappa shape index (κ2) is 14.6. The molecular weight excluding hydrogens is 624 g/mol. The molecule has 8 unspecified atom stereocenters. The SMILES string of the molecule is O=C(OCC(O)COc1cccc(OCC2CO2)c1)C1=CC2C3CC(C=C3C(=O)OCC(O)COc3cccc(OCC4CO4)c3)C2C1. The molecule has 2 aromatic carbocycles. The Hall–Kier alpha value is -4.10. The van der Waals surface area contributed by atoms with Gasteiger partial charge in [0.05, 0.1) is 13.2 Å². The molecule has 2 saturated heterocycles. The molecule has 2 N–H and O–H groups in total. The molecule has 2 aromatic rings. The summed E-state index contributed by atoms with van der Waals surface area (Å²) in [6, 6.07) is 14.2. The van der Waals surface area contributed by atoms with Gasteiger partial charge in [0.25, 0.3) is 0 Å². The lowest BCUT2D eigenvalue weighted by atomic mass is 9.81. The molecule has 0 radical (unpaired) electrons. The Bertz CT molecular complexity index is 1530. The summed E-state index contributed by atoms with van der Waals surface area (Å²) in [4.78, 5) is 25.9. The fourth-order valence-corrected chi connectivity index (χ4v) is 6.56. The van der Waals surface area contributed by atoms with E-state index in [9.17, 15) is 19.8 Å². The molecule has 1 saturated carbocycles. The van der Waals surface area contributed by atoms with Crippen molar-refractivity contribution in [1.29, 1.82) is 0 Å². The number of fused-ring (bicyclic) bond motifs is 5. The normalized spacial score (nSPS) is 27.2. The molecule has 48 heavy (non-hydrogen) atoms. The number of benzene rings is 2. The molecule has 8 atom stereocenters. The fourth-order valence-electron chi connectivity index (χ4n) is 6.56. The van der Waals surface area contributed by atoms with Crippen molar-refractivity contribution in [3.8, 4) is 23.0 Å². The van der Waals surface area contributed by atoms with Crippen LogP contribution in [0, 0.1) is 23.7 Å². The van der Waals surface area contributed by atoms with E-state index in [4.69, 9.17) is 37.9 Å². The zero-order valence-corrected chi connectivity index (χ0v) is 26.4. The van der Waals surface area contributed by atoms with Crippen LogP contribution in [-0.2, 0) is 28.5 Å². The first-order chi connectivity index (χ1) is 23.4. The Morgan fingerprint density at radius 2 is 1.25 bits per heavy atom. The number of carbonyl (C=O) groups is 2. The van der Waals surface area contributed by atoms with E-state index in [0.717, 1.165) is 6.42 Å². The number of allylic oxidation sites excluding steroid dienone is 2. The van der Waals surface area contributed by atoms with Crippen LogP contribution in [-0.4, -0.2) is 99.4 Å². The van der Waals surface area contributed by atoms with Crippen LogP contribution in [0.5, 0.6) is 23.0 Å². The van der Waals surface area contributed by atoms with Crippen LogP contribution in [0.3, 0.4) is 0 Å². The summed E-state index contributed by atoms with van der Waals surface area (Å²) >= 11 is 0. The third-order valence-electron chi connectivity index (χ3n) is 9.16. The first-order valence-corrected chi connectivity index (χ1v) is 16.4. The number of hydrogen-bond acceptors (Lipinski definition) is 12. The second-order valence-corrected chi connectivity index (χ2v) is 12.9. The topological polar surface area (TPSA) is 155 Å². The molecule has 2 bridgehead atoms. The van der Waals surface area contributed by atoms with Crippen LogP contribution in [0.4, 0.5) is 0 Å². The number of hydrogen-bond donors (Lipinski definition) is 2. The third-order valence-corrected chi connectivity index (χ3v) is 9.16. The Balaban J connectivity index is 0.819. The molecule has 3 aliphatic carbocycles. The van der Waals surface area contributed by atoms with E-state index >= 15 is 0 Å². The molecule has 0 amide bonds. The number of aliphatic hydroxyl groups is 2. The zero-order valence-electron chi connectivity index (χ0n) is 26.4. The lowest BCUT2D eigenvalue weighted by molar-refractivity contribution is -0.143. The van der Waals surface area contributed by atoms with Crippen molar-refractivity contribution < 1.29 is 57.7 Å². The highest BCUT2D eigenvalue weighted by molar-refractivity contribution is 5.92.